The lowest BCUT2D eigenvalue weighted by molar-refractivity contribution is -0.141. The highest BCUT2D eigenvalue weighted by atomic mass is 32.2. The molecule has 1 heterocycles. The van der Waals surface area contributed by atoms with Crippen molar-refractivity contribution in [2.75, 3.05) is 0 Å². The zero-order valence-corrected chi connectivity index (χ0v) is 9.82. The third kappa shape index (κ3) is 3.38. The summed E-state index contributed by atoms with van der Waals surface area (Å²) in [5, 5.41) is 0.536. The molecule has 0 fully saturated rings. The second-order valence-electron chi connectivity index (χ2n) is 3.53. The van der Waals surface area contributed by atoms with Gasteiger partial charge >= 0.3 is 6.18 Å². The predicted molar refractivity (Wildman–Crippen MR) is 58.1 cm³/mol. The number of alkyl halides is 3. The Morgan fingerprint density at radius 2 is 2.00 bits per heavy atom. The van der Waals surface area contributed by atoms with E-state index in [4.69, 9.17) is 5.73 Å². The maximum Gasteiger partial charge on any atom is 0.433 e. The Morgan fingerprint density at radius 3 is 2.44 bits per heavy atom. The SMILES string of the molecule is CC(C)Sc1nc(C(F)(F)F)ccc1CN. The van der Waals surface area contributed by atoms with Crippen molar-refractivity contribution in [1.29, 1.82) is 0 Å². The monoisotopic (exact) mass is 250 g/mol. The summed E-state index contributed by atoms with van der Waals surface area (Å²) in [6.07, 6.45) is -4.40. The zero-order valence-electron chi connectivity index (χ0n) is 9.01. The zero-order chi connectivity index (χ0) is 12.3. The average molecular weight is 250 g/mol. The first kappa shape index (κ1) is 13.3. The minimum absolute atomic E-state index is 0.168. The van der Waals surface area contributed by atoms with Gasteiger partial charge in [0.05, 0.1) is 0 Å². The Labute approximate surface area is 96.4 Å². The van der Waals surface area contributed by atoms with E-state index in [1.54, 1.807) is 0 Å². The number of nitrogens with two attached hydrogens (primary N) is 1. The smallest absolute Gasteiger partial charge is 0.326 e. The summed E-state index contributed by atoms with van der Waals surface area (Å²) >= 11 is 1.29. The van der Waals surface area contributed by atoms with Crippen LogP contribution in [0.5, 0.6) is 0 Å². The van der Waals surface area contributed by atoms with E-state index in [9.17, 15) is 13.2 Å². The molecule has 0 aliphatic carbocycles. The van der Waals surface area contributed by atoms with Crippen LogP contribution < -0.4 is 5.73 Å². The first-order valence-electron chi connectivity index (χ1n) is 4.78. The average Bonchev–Trinajstić information content (AvgIpc) is 2.15. The van der Waals surface area contributed by atoms with Gasteiger partial charge in [0.25, 0.3) is 0 Å². The summed E-state index contributed by atoms with van der Waals surface area (Å²) in [5.41, 5.74) is 5.23. The number of halogens is 3. The van der Waals surface area contributed by atoms with Crippen LogP contribution in [-0.4, -0.2) is 10.2 Å². The maximum absolute atomic E-state index is 12.4. The van der Waals surface area contributed by atoms with Gasteiger partial charge in [0.15, 0.2) is 0 Å². The molecule has 0 spiro atoms. The van der Waals surface area contributed by atoms with Crippen molar-refractivity contribution in [2.45, 2.75) is 36.8 Å². The van der Waals surface area contributed by atoms with Gasteiger partial charge in [-0.2, -0.15) is 13.2 Å². The van der Waals surface area contributed by atoms with Gasteiger partial charge in [-0.05, 0) is 11.6 Å². The van der Waals surface area contributed by atoms with Crippen molar-refractivity contribution >= 4 is 11.8 Å². The quantitative estimate of drug-likeness (QED) is 0.838. The number of rotatable bonds is 3. The van der Waals surface area contributed by atoms with Gasteiger partial charge in [-0.1, -0.05) is 19.9 Å². The lowest BCUT2D eigenvalue weighted by Gasteiger charge is -2.12. The highest BCUT2D eigenvalue weighted by Gasteiger charge is 2.33. The lowest BCUT2D eigenvalue weighted by Crippen LogP contribution is -2.11. The van der Waals surface area contributed by atoms with Crippen LogP contribution in [0.2, 0.25) is 0 Å². The molecule has 0 bridgehead atoms. The molecular formula is C10H13F3N2S. The van der Waals surface area contributed by atoms with Gasteiger partial charge in [0.1, 0.15) is 10.7 Å². The molecule has 1 aromatic rings. The van der Waals surface area contributed by atoms with Crippen LogP contribution in [0.3, 0.4) is 0 Å². The van der Waals surface area contributed by atoms with E-state index < -0.39 is 11.9 Å². The van der Waals surface area contributed by atoms with Crippen molar-refractivity contribution in [1.82, 2.24) is 4.98 Å². The van der Waals surface area contributed by atoms with Crippen LogP contribution in [0.15, 0.2) is 17.2 Å². The molecule has 1 rings (SSSR count). The summed E-state index contributed by atoms with van der Waals surface area (Å²) < 4.78 is 37.3. The van der Waals surface area contributed by atoms with Gasteiger partial charge in [0, 0.05) is 11.8 Å². The van der Waals surface area contributed by atoms with E-state index in [1.165, 1.54) is 17.8 Å². The number of hydrogen-bond acceptors (Lipinski definition) is 3. The van der Waals surface area contributed by atoms with Crippen LogP contribution in [0.25, 0.3) is 0 Å². The van der Waals surface area contributed by atoms with Crippen LogP contribution in [0, 0.1) is 0 Å². The van der Waals surface area contributed by atoms with Gasteiger partial charge in [-0.15, -0.1) is 11.8 Å². The first-order valence-corrected chi connectivity index (χ1v) is 5.66. The van der Waals surface area contributed by atoms with Crippen molar-refractivity contribution in [3.63, 3.8) is 0 Å². The molecule has 0 amide bonds. The summed E-state index contributed by atoms with van der Waals surface area (Å²) in [5.74, 6) is 0. The lowest BCUT2D eigenvalue weighted by atomic mass is 10.2. The summed E-state index contributed by atoms with van der Waals surface area (Å²) in [6.45, 7) is 3.99. The number of hydrogen-bond donors (Lipinski definition) is 1. The Morgan fingerprint density at radius 1 is 1.38 bits per heavy atom. The van der Waals surface area contributed by atoms with Crippen molar-refractivity contribution in [3.8, 4) is 0 Å². The Kier molecular flexibility index (Phi) is 4.21. The van der Waals surface area contributed by atoms with Crippen LogP contribution in [-0.2, 0) is 12.7 Å². The normalized spacial score (nSPS) is 12.2. The molecule has 0 unspecified atom stereocenters. The molecule has 0 radical (unpaired) electrons. The number of nitrogens with zero attached hydrogens (tertiary/aromatic N) is 1. The summed E-state index contributed by atoms with van der Waals surface area (Å²) in [4.78, 5) is 3.61. The molecule has 0 atom stereocenters. The third-order valence-electron chi connectivity index (χ3n) is 1.80. The third-order valence-corrected chi connectivity index (χ3v) is 2.84. The number of aromatic nitrogens is 1. The van der Waals surface area contributed by atoms with Gasteiger partial charge in [-0.25, -0.2) is 4.98 Å². The molecule has 0 aliphatic heterocycles. The number of thioether (sulfide) groups is 1. The van der Waals surface area contributed by atoms with E-state index in [1.807, 2.05) is 13.8 Å². The van der Waals surface area contributed by atoms with Crippen LogP contribution in [0.4, 0.5) is 13.2 Å². The Balaban J connectivity index is 3.11. The molecule has 0 saturated heterocycles. The largest absolute Gasteiger partial charge is 0.433 e. The fourth-order valence-electron chi connectivity index (χ4n) is 1.11. The molecule has 2 nitrogen and oxygen atoms in total. The second-order valence-corrected chi connectivity index (χ2v) is 5.09. The molecule has 6 heteroatoms. The van der Waals surface area contributed by atoms with Gasteiger partial charge in [-0.3, -0.25) is 0 Å². The fourth-order valence-corrected chi connectivity index (χ4v) is 2.01. The number of pyridine rings is 1. The van der Waals surface area contributed by atoms with Crippen molar-refractivity contribution in [3.05, 3.63) is 23.4 Å². The summed E-state index contributed by atoms with van der Waals surface area (Å²) in [7, 11) is 0. The molecule has 90 valence electrons. The first-order chi connectivity index (χ1) is 7.34. The van der Waals surface area contributed by atoms with Crippen LogP contribution >= 0.6 is 11.8 Å². The van der Waals surface area contributed by atoms with Gasteiger partial charge < -0.3 is 5.73 Å². The molecule has 0 saturated carbocycles. The van der Waals surface area contributed by atoms with Crippen LogP contribution in [0.1, 0.15) is 25.1 Å². The van der Waals surface area contributed by atoms with Crippen molar-refractivity contribution in [2.24, 2.45) is 5.73 Å². The minimum atomic E-state index is -4.40. The molecular weight excluding hydrogens is 237 g/mol. The summed E-state index contributed by atoms with van der Waals surface area (Å²) in [6, 6.07) is 2.35. The topological polar surface area (TPSA) is 38.9 Å². The van der Waals surface area contributed by atoms with E-state index in [-0.39, 0.29) is 11.8 Å². The predicted octanol–water partition coefficient (Wildman–Crippen LogP) is 3.06. The molecule has 0 aliphatic rings. The highest BCUT2D eigenvalue weighted by molar-refractivity contribution is 7.99. The van der Waals surface area contributed by atoms with E-state index in [0.717, 1.165) is 6.07 Å². The van der Waals surface area contributed by atoms with Gasteiger partial charge in [0.2, 0.25) is 0 Å². The minimum Gasteiger partial charge on any atom is -0.326 e. The molecule has 16 heavy (non-hydrogen) atoms. The molecule has 2 N–H and O–H groups in total. The van der Waals surface area contributed by atoms with E-state index in [2.05, 4.69) is 4.98 Å². The second kappa shape index (κ2) is 5.05. The van der Waals surface area contributed by atoms with Crippen molar-refractivity contribution < 1.29 is 13.2 Å². The molecule has 0 aromatic carbocycles. The Hall–Kier alpha value is -0.750. The van der Waals surface area contributed by atoms with E-state index >= 15 is 0 Å². The fraction of sp³-hybridized carbons (Fsp3) is 0.500. The highest BCUT2D eigenvalue weighted by Crippen LogP contribution is 2.31. The Bertz CT molecular complexity index is 364. The standard InChI is InChI=1S/C10H13F3N2S/c1-6(2)16-9-7(5-14)3-4-8(15-9)10(11,12)13/h3-4,6H,5,14H2,1-2H3. The molecule has 1 aromatic heterocycles. The van der Waals surface area contributed by atoms with E-state index in [0.29, 0.717) is 10.6 Å². The maximum atomic E-state index is 12.4.